The molecule has 1 aromatic heterocycles. The summed E-state index contributed by atoms with van der Waals surface area (Å²) in [5, 5.41) is 10.2. The van der Waals surface area contributed by atoms with Gasteiger partial charge in [0.1, 0.15) is 5.69 Å². The van der Waals surface area contributed by atoms with Crippen LogP contribution in [0.25, 0.3) is 0 Å². The van der Waals surface area contributed by atoms with Gasteiger partial charge < -0.3 is 14.9 Å². The van der Waals surface area contributed by atoms with Gasteiger partial charge in [0.05, 0.1) is 24.4 Å². The molecular formula is C24H22N4O3. The SMILES string of the molecule is O=C(c1cnccn1)N1CC2(C1)[C@@H](c1ccccc1)[C@@H](CO)N2C(=O)c1ccccc1. The van der Waals surface area contributed by atoms with Crippen molar-refractivity contribution in [2.24, 2.45) is 0 Å². The highest BCUT2D eigenvalue weighted by molar-refractivity contribution is 5.97. The second kappa shape index (κ2) is 7.59. The third kappa shape index (κ3) is 3.00. The molecule has 7 heteroatoms. The predicted octanol–water partition coefficient (Wildman–Crippen LogP) is 1.97. The fourth-order valence-corrected chi connectivity index (χ4v) is 5.04. The highest BCUT2D eigenvalue weighted by Gasteiger charge is 2.68. The number of aliphatic hydroxyl groups is 1. The van der Waals surface area contributed by atoms with Gasteiger partial charge in [0.2, 0.25) is 0 Å². The number of rotatable bonds is 4. The number of aromatic nitrogens is 2. The lowest BCUT2D eigenvalue weighted by atomic mass is 9.60. The second-order valence-corrected chi connectivity index (χ2v) is 8.03. The van der Waals surface area contributed by atoms with E-state index in [-0.39, 0.29) is 36.1 Å². The van der Waals surface area contributed by atoms with Crippen LogP contribution >= 0.6 is 0 Å². The van der Waals surface area contributed by atoms with Crippen molar-refractivity contribution in [2.45, 2.75) is 17.5 Å². The zero-order valence-electron chi connectivity index (χ0n) is 16.8. The van der Waals surface area contributed by atoms with Crippen LogP contribution < -0.4 is 0 Å². The topological polar surface area (TPSA) is 86.6 Å². The molecule has 156 valence electrons. The van der Waals surface area contributed by atoms with Gasteiger partial charge in [0.25, 0.3) is 11.8 Å². The van der Waals surface area contributed by atoms with Gasteiger partial charge in [-0.2, -0.15) is 0 Å². The van der Waals surface area contributed by atoms with Crippen LogP contribution in [0.4, 0.5) is 0 Å². The maximum atomic E-state index is 13.4. The van der Waals surface area contributed by atoms with Crippen molar-refractivity contribution in [1.29, 1.82) is 0 Å². The number of hydrogen-bond acceptors (Lipinski definition) is 5. The van der Waals surface area contributed by atoms with Gasteiger partial charge in [0, 0.05) is 37.0 Å². The van der Waals surface area contributed by atoms with E-state index < -0.39 is 5.54 Å². The number of nitrogens with zero attached hydrogens (tertiary/aromatic N) is 4. The Hall–Kier alpha value is -3.58. The molecule has 0 saturated carbocycles. The van der Waals surface area contributed by atoms with Gasteiger partial charge >= 0.3 is 0 Å². The van der Waals surface area contributed by atoms with Crippen molar-refractivity contribution < 1.29 is 14.7 Å². The summed E-state index contributed by atoms with van der Waals surface area (Å²) in [5.41, 5.74) is 1.36. The van der Waals surface area contributed by atoms with Crippen molar-refractivity contribution in [3.05, 3.63) is 96.1 Å². The maximum Gasteiger partial charge on any atom is 0.274 e. The monoisotopic (exact) mass is 414 g/mol. The molecular weight excluding hydrogens is 392 g/mol. The van der Waals surface area contributed by atoms with Gasteiger partial charge in [-0.15, -0.1) is 0 Å². The second-order valence-electron chi connectivity index (χ2n) is 8.03. The van der Waals surface area contributed by atoms with Crippen molar-refractivity contribution >= 4 is 11.8 Å². The minimum absolute atomic E-state index is 0.0581. The number of carbonyl (C=O) groups is 2. The summed E-state index contributed by atoms with van der Waals surface area (Å²) >= 11 is 0. The zero-order valence-corrected chi connectivity index (χ0v) is 16.8. The summed E-state index contributed by atoms with van der Waals surface area (Å²) in [6.45, 7) is 0.631. The Morgan fingerprint density at radius 3 is 2.26 bits per heavy atom. The third-order valence-electron chi connectivity index (χ3n) is 6.36. The van der Waals surface area contributed by atoms with E-state index in [1.807, 2.05) is 48.5 Å². The molecule has 1 spiro atoms. The number of amides is 2. The highest BCUT2D eigenvalue weighted by atomic mass is 16.3. The summed E-state index contributed by atoms with van der Waals surface area (Å²) in [6.07, 6.45) is 4.47. The number of likely N-dealkylation sites (tertiary alicyclic amines) is 2. The molecule has 7 nitrogen and oxygen atoms in total. The first-order valence-electron chi connectivity index (χ1n) is 10.3. The number of aliphatic hydroxyl groups excluding tert-OH is 1. The fourth-order valence-electron chi connectivity index (χ4n) is 5.04. The van der Waals surface area contributed by atoms with Crippen LogP contribution in [0, 0.1) is 0 Å². The summed E-state index contributed by atoms with van der Waals surface area (Å²) < 4.78 is 0. The Morgan fingerprint density at radius 1 is 0.968 bits per heavy atom. The molecule has 0 aliphatic carbocycles. The molecule has 0 bridgehead atoms. The zero-order chi connectivity index (χ0) is 21.4. The average molecular weight is 414 g/mol. The lowest BCUT2D eigenvalue weighted by molar-refractivity contribution is -0.152. The van der Waals surface area contributed by atoms with E-state index in [2.05, 4.69) is 9.97 Å². The normalized spacial score (nSPS) is 21.3. The van der Waals surface area contributed by atoms with Crippen LogP contribution in [0.5, 0.6) is 0 Å². The first-order valence-corrected chi connectivity index (χ1v) is 10.3. The van der Waals surface area contributed by atoms with Crippen LogP contribution in [0.15, 0.2) is 79.3 Å². The van der Waals surface area contributed by atoms with Crippen LogP contribution in [0.3, 0.4) is 0 Å². The summed E-state index contributed by atoms with van der Waals surface area (Å²) in [6, 6.07) is 18.6. The average Bonchev–Trinajstić information content (AvgIpc) is 2.79. The standard InChI is InChI=1S/C24H22N4O3/c29-14-20-21(17-7-3-1-4-8-17)24(28(20)22(30)18-9-5-2-6-10-18)15-27(16-24)23(31)19-13-25-11-12-26-19/h1-13,20-21,29H,14-16H2/t20-,21+/m1/s1. The van der Waals surface area contributed by atoms with Crippen molar-refractivity contribution in [2.75, 3.05) is 19.7 Å². The predicted molar refractivity (Wildman–Crippen MR) is 113 cm³/mol. The molecule has 2 atom stereocenters. The number of hydrogen-bond donors (Lipinski definition) is 1. The van der Waals surface area contributed by atoms with Gasteiger partial charge in [0.15, 0.2) is 0 Å². The highest BCUT2D eigenvalue weighted by Crippen LogP contribution is 2.54. The summed E-state index contributed by atoms with van der Waals surface area (Å²) in [4.78, 5) is 37.8. The van der Waals surface area contributed by atoms with E-state index in [1.165, 1.54) is 18.6 Å². The Bertz CT molecular complexity index is 1090. The quantitative estimate of drug-likeness (QED) is 0.705. The van der Waals surface area contributed by atoms with Crippen LogP contribution in [0.2, 0.25) is 0 Å². The van der Waals surface area contributed by atoms with Crippen LogP contribution in [-0.2, 0) is 0 Å². The molecule has 2 aliphatic heterocycles. The molecule has 5 rings (SSSR count). The molecule has 31 heavy (non-hydrogen) atoms. The van der Waals surface area contributed by atoms with E-state index in [0.29, 0.717) is 18.7 Å². The smallest absolute Gasteiger partial charge is 0.274 e. The van der Waals surface area contributed by atoms with Crippen molar-refractivity contribution in [3.63, 3.8) is 0 Å². The molecule has 0 radical (unpaired) electrons. The van der Waals surface area contributed by atoms with Gasteiger partial charge in [-0.05, 0) is 17.7 Å². The van der Waals surface area contributed by atoms with Crippen molar-refractivity contribution in [3.8, 4) is 0 Å². The fraction of sp³-hybridized carbons (Fsp3) is 0.250. The minimum Gasteiger partial charge on any atom is -0.394 e. The summed E-state index contributed by atoms with van der Waals surface area (Å²) in [5.74, 6) is -0.388. The maximum absolute atomic E-state index is 13.4. The Kier molecular flexibility index (Phi) is 4.75. The Morgan fingerprint density at radius 2 is 1.65 bits per heavy atom. The lowest BCUT2D eigenvalue weighted by Gasteiger charge is -2.70. The first-order chi connectivity index (χ1) is 15.2. The molecule has 0 unspecified atom stereocenters. The molecule has 2 aliphatic rings. The van der Waals surface area contributed by atoms with Crippen molar-refractivity contribution in [1.82, 2.24) is 19.8 Å². The lowest BCUT2D eigenvalue weighted by Crippen LogP contribution is -2.86. The van der Waals surface area contributed by atoms with E-state index in [9.17, 15) is 14.7 Å². The largest absolute Gasteiger partial charge is 0.394 e. The Balaban J connectivity index is 1.48. The van der Waals surface area contributed by atoms with E-state index in [0.717, 1.165) is 5.56 Å². The first kappa shape index (κ1) is 19.4. The van der Waals surface area contributed by atoms with Gasteiger partial charge in [-0.1, -0.05) is 48.5 Å². The van der Waals surface area contributed by atoms with E-state index >= 15 is 0 Å². The van der Waals surface area contributed by atoms with Gasteiger partial charge in [-0.3, -0.25) is 14.6 Å². The molecule has 3 heterocycles. The molecule has 2 fully saturated rings. The minimum atomic E-state index is -0.556. The number of benzene rings is 2. The Labute approximate surface area is 180 Å². The number of carbonyl (C=O) groups excluding carboxylic acids is 2. The van der Waals surface area contributed by atoms with E-state index in [4.69, 9.17) is 0 Å². The van der Waals surface area contributed by atoms with Gasteiger partial charge in [-0.25, -0.2) is 4.98 Å². The molecule has 2 amide bonds. The third-order valence-corrected chi connectivity index (χ3v) is 6.36. The molecule has 2 aromatic carbocycles. The molecule has 3 aromatic rings. The molecule has 2 saturated heterocycles. The summed E-state index contributed by atoms with van der Waals surface area (Å²) in [7, 11) is 0. The van der Waals surface area contributed by atoms with Crippen LogP contribution in [0.1, 0.15) is 32.3 Å². The van der Waals surface area contributed by atoms with Crippen LogP contribution in [-0.4, -0.2) is 68.0 Å². The van der Waals surface area contributed by atoms with E-state index in [1.54, 1.807) is 21.9 Å². The molecule has 1 N–H and O–H groups in total.